The molecule has 1 N–H and O–H groups in total. The first-order valence-electron chi connectivity index (χ1n) is 9.73. The van der Waals surface area contributed by atoms with Crippen molar-refractivity contribution >= 4 is 40.8 Å². The minimum atomic E-state index is -0.350. The van der Waals surface area contributed by atoms with Crippen LogP contribution in [0.15, 0.2) is 66.7 Å². The van der Waals surface area contributed by atoms with Crippen molar-refractivity contribution in [3.05, 3.63) is 87.9 Å². The molecule has 0 radical (unpaired) electrons. The fourth-order valence-corrected chi connectivity index (χ4v) is 3.15. The van der Waals surface area contributed by atoms with Crippen LogP contribution in [-0.4, -0.2) is 18.5 Å². The minimum absolute atomic E-state index is 0.240. The van der Waals surface area contributed by atoms with Crippen LogP contribution in [0.2, 0.25) is 10.0 Å². The first kappa shape index (κ1) is 22.7. The van der Waals surface area contributed by atoms with Gasteiger partial charge in [0.1, 0.15) is 11.5 Å². The molecule has 0 spiro atoms. The van der Waals surface area contributed by atoms with Gasteiger partial charge in [-0.2, -0.15) is 0 Å². The number of amides is 1. The molecule has 0 bridgehead atoms. The molecule has 0 aliphatic heterocycles. The van der Waals surface area contributed by atoms with Crippen LogP contribution in [0.25, 0.3) is 0 Å². The first-order chi connectivity index (χ1) is 14.9. The summed E-state index contributed by atoms with van der Waals surface area (Å²) in [6, 6.07) is 18.7. The number of halogens is 2. The van der Waals surface area contributed by atoms with Gasteiger partial charge in [-0.05, 0) is 73.5 Å². The van der Waals surface area contributed by atoms with E-state index in [-0.39, 0.29) is 18.3 Å². The van der Waals surface area contributed by atoms with Crippen LogP contribution < -0.4 is 14.8 Å². The van der Waals surface area contributed by atoms with Crippen LogP contribution in [0, 0.1) is 0 Å². The van der Waals surface area contributed by atoms with Gasteiger partial charge in [-0.1, -0.05) is 35.3 Å². The molecule has 0 aromatic heterocycles. The van der Waals surface area contributed by atoms with Crippen molar-refractivity contribution in [2.75, 3.05) is 11.9 Å². The number of hydrogen-bond donors (Lipinski definition) is 1. The molecule has 0 heterocycles. The Morgan fingerprint density at radius 2 is 1.58 bits per heavy atom. The maximum absolute atomic E-state index is 12.4. The molecule has 0 saturated carbocycles. The van der Waals surface area contributed by atoms with Gasteiger partial charge in [0, 0.05) is 17.0 Å². The zero-order valence-electron chi connectivity index (χ0n) is 16.9. The number of hydrogen-bond acceptors (Lipinski definition) is 4. The molecule has 0 atom stereocenters. The SMILES string of the molecule is CCOc1ccc(CCC(=O)Oc2ccc(C(=O)Nc3cc(Cl)ccc3Cl)cc2)cc1. The Kier molecular flexibility index (Phi) is 7.93. The first-order valence-corrected chi connectivity index (χ1v) is 10.5. The predicted molar refractivity (Wildman–Crippen MR) is 122 cm³/mol. The maximum atomic E-state index is 12.4. The highest BCUT2D eigenvalue weighted by Crippen LogP contribution is 2.26. The van der Waals surface area contributed by atoms with E-state index in [1.165, 1.54) is 0 Å². The van der Waals surface area contributed by atoms with E-state index < -0.39 is 0 Å². The number of esters is 1. The van der Waals surface area contributed by atoms with Gasteiger partial charge in [0.2, 0.25) is 0 Å². The van der Waals surface area contributed by atoms with Crippen molar-refractivity contribution in [2.24, 2.45) is 0 Å². The maximum Gasteiger partial charge on any atom is 0.311 e. The number of benzene rings is 3. The van der Waals surface area contributed by atoms with Gasteiger partial charge in [-0.25, -0.2) is 0 Å². The molecule has 31 heavy (non-hydrogen) atoms. The normalized spacial score (nSPS) is 10.4. The highest BCUT2D eigenvalue weighted by molar-refractivity contribution is 6.35. The number of anilines is 1. The van der Waals surface area contributed by atoms with Crippen LogP contribution in [0.4, 0.5) is 5.69 Å². The Hall–Kier alpha value is -3.02. The van der Waals surface area contributed by atoms with Crippen LogP contribution in [0.1, 0.15) is 29.3 Å². The third-order valence-corrected chi connectivity index (χ3v) is 4.94. The summed E-state index contributed by atoms with van der Waals surface area (Å²) in [4.78, 5) is 24.5. The highest BCUT2D eigenvalue weighted by atomic mass is 35.5. The molecule has 0 saturated heterocycles. The molecule has 0 fully saturated rings. The van der Waals surface area contributed by atoms with E-state index in [1.807, 2.05) is 31.2 Å². The summed E-state index contributed by atoms with van der Waals surface area (Å²) in [5.41, 5.74) is 1.83. The molecule has 0 unspecified atom stereocenters. The predicted octanol–water partition coefficient (Wildman–Crippen LogP) is 6.18. The zero-order valence-corrected chi connectivity index (χ0v) is 18.4. The van der Waals surface area contributed by atoms with Gasteiger partial charge in [0.05, 0.1) is 17.3 Å². The van der Waals surface area contributed by atoms with Crippen LogP contribution in [-0.2, 0) is 11.2 Å². The fraction of sp³-hybridized carbons (Fsp3) is 0.167. The number of carbonyl (C=O) groups is 2. The largest absolute Gasteiger partial charge is 0.494 e. The number of carbonyl (C=O) groups excluding carboxylic acids is 2. The summed E-state index contributed by atoms with van der Waals surface area (Å²) in [5, 5.41) is 3.56. The summed E-state index contributed by atoms with van der Waals surface area (Å²) in [6.45, 7) is 2.54. The Balaban J connectivity index is 1.51. The van der Waals surface area contributed by atoms with E-state index in [9.17, 15) is 9.59 Å². The Morgan fingerprint density at radius 1 is 0.903 bits per heavy atom. The topological polar surface area (TPSA) is 64.6 Å². The van der Waals surface area contributed by atoms with Crippen molar-refractivity contribution in [3.63, 3.8) is 0 Å². The van der Waals surface area contributed by atoms with E-state index in [1.54, 1.807) is 42.5 Å². The summed E-state index contributed by atoms with van der Waals surface area (Å²) in [6.07, 6.45) is 0.801. The second-order valence-electron chi connectivity index (χ2n) is 6.65. The lowest BCUT2D eigenvalue weighted by Crippen LogP contribution is -2.13. The Morgan fingerprint density at radius 3 is 2.26 bits per heavy atom. The van der Waals surface area contributed by atoms with Gasteiger partial charge >= 0.3 is 5.97 Å². The number of rotatable bonds is 8. The van der Waals surface area contributed by atoms with Crippen molar-refractivity contribution < 1.29 is 19.1 Å². The van der Waals surface area contributed by atoms with E-state index >= 15 is 0 Å². The van der Waals surface area contributed by atoms with Crippen molar-refractivity contribution in [3.8, 4) is 11.5 Å². The van der Waals surface area contributed by atoms with Crippen LogP contribution >= 0.6 is 23.2 Å². The monoisotopic (exact) mass is 457 g/mol. The molecule has 160 valence electrons. The summed E-state index contributed by atoms with van der Waals surface area (Å²) in [5.74, 6) is 0.471. The Labute approximate surface area is 190 Å². The van der Waals surface area contributed by atoms with Crippen molar-refractivity contribution in [1.29, 1.82) is 0 Å². The smallest absolute Gasteiger partial charge is 0.311 e. The third kappa shape index (κ3) is 6.74. The molecule has 1 amide bonds. The third-order valence-electron chi connectivity index (χ3n) is 4.38. The van der Waals surface area contributed by atoms with Crippen LogP contribution in [0.3, 0.4) is 0 Å². The number of nitrogens with one attached hydrogen (secondary N) is 1. The zero-order chi connectivity index (χ0) is 22.2. The summed E-state index contributed by atoms with van der Waals surface area (Å²) >= 11 is 12.0. The number of ether oxygens (including phenoxy) is 2. The van der Waals surface area contributed by atoms with Gasteiger partial charge in [-0.15, -0.1) is 0 Å². The quantitative estimate of drug-likeness (QED) is 0.323. The van der Waals surface area contributed by atoms with Crippen LogP contribution in [0.5, 0.6) is 11.5 Å². The minimum Gasteiger partial charge on any atom is -0.494 e. The lowest BCUT2D eigenvalue weighted by atomic mass is 10.1. The molecular weight excluding hydrogens is 437 g/mol. The molecule has 5 nitrogen and oxygen atoms in total. The molecule has 3 aromatic rings. The van der Waals surface area contributed by atoms with Gasteiger partial charge < -0.3 is 14.8 Å². The molecule has 3 rings (SSSR count). The van der Waals surface area contributed by atoms with Gasteiger partial charge in [-0.3, -0.25) is 9.59 Å². The summed E-state index contributed by atoms with van der Waals surface area (Å²) < 4.78 is 10.8. The lowest BCUT2D eigenvalue weighted by molar-refractivity contribution is -0.134. The number of aryl methyl sites for hydroxylation is 1. The molecule has 0 aliphatic carbocycles. The lowest BCUT2D eigenvalue weighted by Gasteiger charge is -2.09. The van der Waals surface area contributed by atoms with Gasteiger partial charge in [0.15, 0.2) is 0 Å². The average Bonchev–Trinajstić information content (AvgIpc) is 2.76. The average molecular weight is 458 g/mol. The molecular formula is C24H21Cl2NO4. The van der Waals surface area contributed by atoms with Gasteiger partial charge in [0.25, 0.3) is 5.91 Å². The van der Waals surface area contributed by atoms with Crippen molar-refractivity contribution in [2.45, 2.75) is 19.8 Å². The molecule has 7 heteroatoms. The van der Waals surface area contributed by atoms with Crippen molar-refractivity contribution in [1.82, 2.24) is 0 Å². The second kappa shape index (κ2) is 10.8. The van der Waals surface area contributed by atoms with E-state index in [0.29, 0.717) is 40.1 Å². The van der Waals surface area contributed by atoms with E-state index in [0.717, 1.165) is 11.3 Å². The molecule has 3 aromatic carbocycles. The van der Waals surface area contributed by atoms with E-state index in [4.69, 9.17) is 32.7 Å². The Bertz CT molecular complexity index is 1050. The molecule has 0 aliphatic rings. The summed E-state index contributed by atoms with van der Waals surface area (Å²) in [7, 11) is 0. The van der Waals surface area contributed by atoms with E-state index in [2.05, 4.69) is 5.32 Å². The second-order valence-corrected chi connectivity index (χ2v) is 7.50. The standard InChI is InChI=1S/C24H21Cl2NO4/c1-2-30-19-9-3-16(4-10-19)5-14-23(28)31-20-11-6-17(7-12-20)24(29)27-22-15-18(25)8-13-21(22)26/h3-4,6-13,15H,2,5,14H2,1H3,(H,27,29). The highest BCUT2D eigenvalue weighted by Gasteiger charge is 2.11. The fourth-order valence-electron chi connectivity index (χ4n) is 2.81.